The van der Waals surface area contributed by atoms with Gasteiger partial charge in [-0.3, -0.25) is 4.79 Å². The molecule has 201 valence electrons. The first kappa shape index (κ1) is 37.2. The molecule has 0 aliphatic heterocycles. The van der Waals surface area contributed by atoms with E-state index in [0.717, 1.165) is 73.1 Å². The maximum Gasteiger partial charge on any atom is 1.00 e. The Labute approximate surface area is 265 Å². The minimum Gasteiger partial charge on any atom is -1.00 e. The number of rotatable bonds is 4. The van der Waals surface area contributed by atoms with Crippen LogP contribution in [-0.2, 0) is 4.79 Å². The number of aldehydes is 1. The third kappa shape index (κ3) is 11.0. The Morgan fingerprint density at radius 1 is 0.789 bits per heavy atom. The number of carbonyl (C=O) groups excluding carboxylic acids is 1. The van der Waals surface area contributed by atoms with E-state index in [9.17, 15) is 9.90 Å². The number of hydrogen-bond acceptors (Lipinski definition) is 3. The average molecular weight is 566 g/mol. The molecular formula is C31H41BCl2NaO3. The summed E-state index contributed by atoms with van der Waals surface area (Å²) in [4.78, 5) is 11.1. The topological polar surface area (TPSA) is 57.5 Å². The Kier molecular flexibility index (Phi) is 16.7. The zero-order chi connectivity index (χ0) is 26.9. The monoisotopic (exact) mass is 565 g/mol. The molecule has 0 saturated carbocycles. The van der Waals surface area contributed by atoms with E-state index in [1.54, 1.807) is 0 Å². The molecule has 2 aromatic carbocycles. The van der Waals surface area contributed by atoms with Crippen molar-refractivity contribution in [2.45, 2.75) is 66.2 Å². The van der Waals surface area contributed by atoms with Gasteiger partial charge in [-0.1, -0.05) is 75.2 Å². The van der Waals surface area contributed by atoms with Crippen LogP contribution < -0.4 is 29.6 Å². The minimum atomic E-state index is 0. The first-order valence-electron chi connectivity index (χ1n) is 12.5. The summed E-state index contributed by atoms with van der Waals surface area (Å²) in [6, 6.07) is 15.7. The van der Waals surface area contributed by atoms with Gasteiger partial charge in [-0.25, -0.2) is 0 Å². The van der Waals surface area contributed by atoms with E-state index < -0.39 is 0 Å². The second-order valence-electron chi connectivity index (χ2n) is 11.1. The SMILES string of the molecule is CC1(C)CCC(C=O)=C(c2ccc(Cl)cc2)C1.CC1(C)CCC(CO)=C(c2ccc(Cl)cc2)C1.CO.[B].[H-].[Na+]. The Morgan fingerprint density at radius 3 is 1.61 bits per heavy atom. The molecule has 0 spiro atoms. The van der Waals surface area contributed by atoms with Gasteiger partial charge < -0.3 is 11.6 Å². The fourth-order valence-corrected chi connectivity index (χ4v) is 5.09. The number of aliphatic hydroxyl groups is 2. The summed E-state index contributed by atoms with van der Waals surface area (Å²) in [7, 11) is 1.00. The molecule has 0 bridgehead atoms. The number of allylic oxidation sites excluding steroid dienone is 3. The van der Waals surface area contributed by atoms with Gasteiger partial charge in [0.15, 0.2) is 0 Å². The van der Waals surface area contributed by atoms with Crippen LogP contribution in [0.25, 0.3) is 11.1 Å². The molecule has 0 fully saturated rings. The fourth-order valence-electron chi connectivity index (χ4n) is 4.84. The molecular weight excluding hydrogens is 525 g/mol. The van der Waals surface area contributed by atoms with Crippen molar-refractivity contribution in [3.05, 3.63) is 80.8 Å². The predicted molar refractivity (Wildman–Crippen MR) is 160 cm³/mol. The average Bonchev–Trinajstić information content (AvgIpc) is 2.86. The molecule has 0 heterocycles. The van der Waals surface area contributed by atoms with Crippen molar-refractivity contribution < 1.29 is 46.0 Å². The second kappa shape index (κ2) is 17.1. The van der Waals surface area contributed by atoms with Crippen LogP contribution in [0.4, 0.5) is 0 Å². The zero-order valence-corrected chi connectivity index (χ0v) is 27.3. The van der Waals surface area contributed by atoms with E-state index >= 15 is 0 Å². The molecule has 0 saturated heterocycles. The molecule has 38 heavy (non-hydrogen) atoms. The van der Waals surface area contributed by atoms with Crippen LogP contribution in [-0.4, -0.2) is 38.6 Å². The number of halogens is 2. The smallest absolute Gasteiger partial charge is 1.00 e. The first-order chi connectivity index (χ1) is 17.0. The number of carbonyl (C=O) groups is 1. The summed E-state index contributed by atoms with van der Waals surface area (Å²) in [5.41, 5.74) is 7.57. The van der Waals surface area contributed by atoms with Crippen molar-refractivity contribution in [2.75, 3.05) is 13.7 Å². The van der Waals surface area contributed by atoms with E-state index in [-0.39, 0.29) is 51.4 Å². The van der Waals surface area contributed by atoms with Crippen molar-refractivity contribution in [2.24, 2.45) is 10.8 Å². The number of hydrogen-bond donors (Lipinski definition) is 2. The predicted octanol–water partition coefficient (Wildman–Crippen LogP) is 5.14. The van der Waals surface area contributed by atoms with Crippen LogP contribution in [0.5, 0.6) is 0 Å². The summed E-state index contributed by atoms with van der Waals surface area (Å²) >= 11 is 11.8. The maximum atomic E-state index is 11.1. The second-order valence-corrected chi connectivity index (χ2v) is 11.9. The van der Waals surface area contributed by atoms with Gasteiger partial charge in [-0.05, 0) is 107 Å². The zero-order valence-electron chi connectivity index (χ0n) is 24.8. The summed E-state index contributed by atoms with van der Waals surface area (Å²) in [5, 5.41) is 18.0. The van der Waals surface area contributed by atoms with Crippen molar-refractivity contribution >= 4 is 49.0 Å². The molecule has 2 aliphatic carbocycles. The van der Waals surface area contributed by atoms with Gasteiger partial charge in [-0.2, -0.15) is 0 Å². The number of benzene rings is 2. The van der Waals surface area contributed by atoms with Crippen LogP contribution in [0.1, 0.15) is 78.8 Å². The summed E-state index contributed by atoms with van der Waals surface area (Å²) < 4.78 is 0. The summed E-state index contributed by atoms with van der Waals surface area (Å²) in [6.45, 7) is 9.26. The van der Waals surface area contributed by atoms with E-state index in [2.05, 4.69) is 39.8 Å². The first-order valence-corrected chi connectivity index (χ1v) is 13.2. The molecule has 4 rings (SSSR count). The Morgan fingerprint density at radius 2 is 1.18 bits per heavy atom. The van der Waals surface area contributed by atoms with E-state index in [4.69, 9.17) is 28.3 Å². The van der Waals surface area contributed by atoms with Crippen LogP contribution in [0, 0.1) is 10.8 Å². The molecule has 2 N–H and O–H groups in total. The van der Waals surface area contributed by atoms with Crippen LogP contribution in [0.3, 0.4) is 0 Å². The number of aliphatic hydroxyl groups excluding tert-OH is 2. The molecule has 7 heteroatoms. The Hall–Kier alpha value is -0.845. The third-order valence-corrected chi connectivity index (χ3v) is 7.52. The minimum absolute atomic E-state index is 0. The van der Waals surface area contributed by atoms with E-state index in [0.29, 0.717) is 5.41 Å². The van der Waals surface area contributed by atoms with Crippen LogP contribution in [0.2, 0.25) is 10.0 Å². The van der Waals surface area contributed by atoms with Gasteiger partial charge in [0.05, 0.1) is 6.61 Å². The fraction of sp³-hybridized carbons (Fsp3) is 0.452. The molecule has 0 unspecified atom stereocenters. The van der Waals surface area contributed by atoms with Crippen LogP contribution in [0.15, 0.2) is 59.7 Å². The quantitative estimate of drug-likeness (QED) is 0.398. The van der Waals surface area contributed by atoms with Crippen molar-refractivity contribution in [3.63, 3.8) is 0 Å². The Bertz CT molecular complexity index is 1080. The van der Waals surface area contributed by atoms with Gasteiger partial charge in [0.2, 0.25) is 0 Å². The van der Waals surface area contributed by atoms with Crippen molar-refractivity contribution in [1.29, 1.82) is 0 Å². The molecule has 3 radical (unpaired) electrons. The van der Waals surface area contributed by atoms with Crippen LogP contribution >= 0.6 is 23.2 Å². The largest absolute Gasteiger partial charge is 1.00 e. The summed E-state index contributed by atoms with van der Waals surface area (Å²) in [5.74, 6) is 0. The Balaban J connectivity index is 0. The molecule has 2 aromatic rings. The molecule has 0 aromatic heterocycles. The van der Waals surface area contributed by atoms with Crippen molar-refractivity contribution in [1.82, 2.24) is 0 Å². The molecule has 2 aliphatic rings. The normalized spacial score (nSPS) is 17.5. The molecule has 3 nitrogen and oxygen atoms in total. The standard InChI is InChI=1S/C15H19ClO.C15H17ClO.CH4O.B.Na.H/c2*1-15(2)8-7-12(10-17)14(9-15)11-3-5-13(16)6-4-11;1-2;;;/h3-6,17H,7-10H2,1-2H3;3-6,10H,7-9H2,1-2H3;2H,1H3;;;/q;;;;+1;-1. The van der Waals surface area contributed by atoms with Crippen molar-refractivity contribution in [3.8, 4) is 0 Å². The van der Waals surface area contributed by atoms with Gasteiger partial charge in [-0.15, -0.1) is 0 Å². The van der Waals surface area contributed by atoms with E-state index in [1.807, 2.05) is 36.4 Å². The van der Waals surface area contributed by atoms with Gasteiger partial charge in [0.1, 0.15) is 6.29 Å². The van der Waals surface area contributed by atoms with E-state index in [1.165, 1.54) is 22.3 Å². The van der Waals surface area contributed by atoms with Gasteiger partial charge >= 0.3 is 29.6 Å². The van der Waals surface area contributed by atoms with Gasteiger partial charge in [0, 0.05) is 25.6 Å². The molecule has 0 amide bonds. The maximum absolute atomic E-state index is 11.1. The third-order valence-electron chi connectivity index (χ3n) is 7.02. The molecule has 0 atom stereocenters. The van der Waals surface area contributed by atoms with Gasteiger partial charge in [0.25, 0.3) is 0 Å². The summed E-state index contributed by atoms with van der Waals surface area (Å²) in [6.07, 6.45) is 7.13.